The standard InChI is InChI=1S/C11H19N5O/c12-16-10-6-9(13-8-14-10)15-11(7-17)4-2-1-3-5-11/h6,8,17H,1-5,7,12H2,(H2,13,14,15,16). The lowest BCUT2D eigenvalue weighted by atomic mass is 9.82. The zero-order valence-electron chi connectivity index (χ0n) is 9.82. The first-order valence-corrected chi connectivity index (χ1v) is 5.96. The van der Waals surface area contributed by atoms with Crippen molar-refractivity contribution in [3.05, 3.63) is 12.4 Å². The predicted molar refractivity (Wildman–Crippen MR) is 66.4 cm³/mol. The topological polar surface area (TPSA) is 96.1 Å². The molecule has 1 saturated carbocycles. The van der Waals surface area contributed by atoms with Crippen LogP contribution in [0, 0.1) is 0 Å². The summed E-state index contributed by atoms with van der Waals surface area (Å²) < 4.78 is 0. The van der Waals surface area contributed by atoms with Gasteiger partial charge >= 0.3 is 0 Å². The lowest BCUT2D eigenvalue weighted by molar-refractivity contribution is 0.172. The number of aliphatic hydroxyl groups excluding tert-OH is 1. The number of hydrogen-bond acceptors (Lipinski definition) is 6. The largest absolute Gasteiger partial charge is 0.394 e. The molecule has 6 nitrogen and oxygen atoms in total. The molecule has 1 aromatic heterocycles. The first-order chi connectivity index (χ1) is 8.28. The van der Waals surface area contributed by atoms with Crippen molar-refractivity contribution < 1.29 is 5.11 Å². The Morgan fingerprint density at radius 1 is 1.24 bits per heavy atom. The van der Waals surface area contributed by atoms with Crippen molar-refractivity contribution in [3.8, 4) is 0 Å². The normalized spacial score (nSPS) is 18.7. The molecular formula is C11H19N5O. The summed E-state index contributed by atoms with van der Waals surface area (Å²) in [6, 6.07) is 1.74. The molecule has 17 heavy (non-hydrogen) atoms. The fourth-order valence-corrected chi connectivity index (χ4v) is 2.33. The van der Waals surface area contributed by atoms with Crippen LogP contribution in [0.1, 0.15) is 32.1 Å². The number of nitrogen functional groups attached to an aromatic ring is 1. The van der Waals surface area contributed by atoms with E-state index < -0.39 is 0 Å². The van der Waals surface area contributed by atoms with Crippen LogP contribution in [0.4, 0.5) is 11.6 Å². The molecule has 1 aliphatic carbocycles. The highest BCUT2D eigenvalue weighted by Crippen LogP contribution is 2.30. The molecule has 0 bridgehead atoms. The number of hydrazine groups is 1. The van der Waals surface area contributed by atoms with E-state index in [4.69, 9.17) is 5.84 Å². The van der Waals surface area contributed by atoms with Crippen molar-refractivity contribution in [2.75, 3.05) is 17.3 Å². The van der Waals surface area contributed by atoms with Crippen molar-refractivity contribution in [2.24, 2.45) is 5.84 Å². The van der Waals surface area contributed by atoms with Gasteiger partial charge in [-0.25, -0.2) is 15.8 Å². The molecule has 6 heteroatoms. The molecule has 2 rings (SSSR count). The maximum absolute atomic E-state index is 9.58. The minimum Gasteiger partial charge on any atom is -0.394 e. The number of nitrogens with one attached hydrogen (secondary N) is 2. The second-order valence-electron chi connectivity index (χ2n) is 4.56. The number of nitrogens with zero attached hydrogens (tertiary/aromatic N) is 2. The van der Waals surface area contributed by atoms with Crippen molar-refractivity contribution in [2.45, 2.75) is 37.6 Å². The third-order valence-corrected chi connectivity index (χ3v) is 3.32. The SMILES string of the molecule is NNc1cc(NC2(CO)CCCCC2)ncn1. The highest BCUT2D eigenvalue weighted by molar-refractivity contribution is 5.47. The molecule has 0 aliphatic heterocycles. The van der Waals surface area contributed by atoms with E-state index in [9.17, 15) is 5.11 Å². The molecule has 1 aromatic rings. The van der Waals surface area contributed by atoms with Crippen LogP contribution in [-0.4, -0.2) is 27.2 Å². The van der Waals surface area contributed by atoms with Crippen LogP contribution < -0.4 is 16.6 Å². The maximum atomic E-state index is 9.58. The number of nitrogens with two attached hydrogens (primary N) is 1. The molecular weight excluding hydrogens is 218 g/mol. The fourth-order valence-electron chi connectivity index (χ4n) is 2.33. The van der Waals surface area contributed by atoms with Gasteiger partial charge in [0.1, 0.15) is 18.0 Å². The molecule has 0 amide bonds. The van der Waals surface area contributed by atoms with Gasteiger partial charge in [0.25, 0.3) is 0 Å². The Balaban J connectivity index is 2.11. The Morgan fingerprint density at radius 3 is 2.59 bits per heavy atom. The van der Waals surface area contributed by atoms with Gasteiger partial charge in [0.15, 0.2) is 0 Å². The molecule has 94 valence electrons. The van der Waals surface area contributed by atoms with Crippen molar-refractivity contribution in [3.63, 3.8) is 0 Å². The molecule has 0 saturated heterocycles. The van der Waals surface area contributed by atoms with Gasteiger partial charge in [-0.1, -0.05) is 19.3 Å². The lowest BCUT2D eigenvalue weighted by Crippen LogP contribution is -2.44. The first kappa shape index (κ1) is 12.1. The Morgan fingerprint density at radius 2 is 1.94 bits per heavy atom. The van der Waals surface area contributed by atoms with Crippen LogP contribution >= 0.6 is 0 Å². The second-order valence-corrected chi connectivity index (χ2v) is 4.56. The minimum absolute atomic E-state index is 0.127. The smallest absolute Gasteiger partial charge is 0.145 e. The first-order valence-electron chi connectivity index (χ1n) is 5.96. The lowest BCUT2D eigenvalue weighted by Gasteiger charge is -2.36. The summed E-state index contributed by atoms with van der Waals surface area (Å²) in [5.41, 5.74) is 2.24. The van der Waals surface area contributed by atoms with Crippen LogP contribution in [0.15, 0.2) is 12.4 Å². The maximum Gasteiger partial charge on any atom is 0.145 e. The van der Waals surface area contributed by atoms with Crippen LogP contribution in [-0.2, 0) is 0 Å². The summed E-state index contributed by atoms with van der Waals surface area (Å²) in [5, 5.41) is 12.9. The van der Waals surface area contributed by atoms with Gasteiger partial charge in [-0.05, 0) is 12.8 Å². The van der Waals surface area contributed by atoms with E-state index in [0.717, 1.165) is 25.7 Å². The van der Waals surface area contributed by atoms with Crippen molar-refractivity contribution in [1.82, 2.24) is 9.97 Å². The fraction of sp³-hybridized carbons (Fsp3) is 0.636. The van der Waals surface area contributed by atoms with E-state index in [-0.39, 0.29) is 12.1 Å². The van der Waals surface area contributed by atoms with Crippen LogP contribution in [0.2, 0.25) is 0 Å². The molecule has 0 radical (unpaired) electrons. The van der Waals surface area contributed by atoms with Crippen molar-refractivity contribution >= 4 is 11.6 Å². The Bertz CT molecular complexity index is 365. The van der Waals surface area contributed by atoms with Crippen molar-refractivity contribution in [1.29, 1.82) is 0 Å². The van der Waals surface area contributed by atoms with Gasteiger partial charge in [-0.3, -0.25) is 0 Å². The van der Waals surface area contributed by atoms with Gasteiger partial charge in [0, 0.05) is 6.07 Å². The van der Waals surface area contributed by atoms with Gasteiger partial charge in [-0.15, -0.1) is 0 Å². The van der Waals surface area contributed by atoms with Gasteiger partial charge < -0.3 is 15.8 Å². The van der Waals surface area contributed by atoms with Crippen LogP contribution in [0.5, 0.6) is 0 Å². The molecule has 5 N–H and O–H groups in total. The molecule has 1 heterocycles. The van der Waals surface area contributed by atoms with E-state index in [1.165, 1.54) is 12.7 Å². The summed E-state index contributed by atoms with van der Waals surface area (Å²) in [7, 11) is 0. The average molecular weight is 237 g/mol. The zero-order valence-corrected chi connectivity index (χ0v) is 9.82. The van der Waals surface area contributed by atoms with E-state index in [1.54, 1.807) is 6.07 Å². The molecule has 0 aromatic carbocycles. The number of rotatable bonds is 4. The third kappa shape index (κ3) is 2.83. The number of aromatic nitrogens is 2. The predicted octanol–water partition coefficient (Wildman–Crippen LogP) is 0.869. The highest BCUT2D eigenvalue weighted by atomic mass is 16.3. The third-order valence-electron chi connectivity index (χ3n) is 3.32. The van der Waals surface area contributed by atoms with E-state index in [1.807, 2.05) is 0 Å². The zero-order chi connectivity index (χ0) is 12.1. The molecule has 1 fully saturated rings. The summed E-state index contributed by atoms with van der Waals surface area (Å²) in [4.78, 5) is 8.10. The average Bonchev–Trinajstić information content (AvgIpc) is 2.40. The number of hydrogen-bond donors (Lipinski definition) is 4. The summed E-state index contributed by atoms with van der Waals surface area (Å²) in [6.07, 6.45) is 6.91. The highest BCUT2D eigenvalue weighted by Gasteiger charge is 2.31. The molecule has 1 aliphatic rings. The quantitative estimate of drug-likeness (QED) is 0.458. The molecule has 0 unspecified atom stereocenters. The van der Waals surface area contributed by atoms with E-state index in [0.29, 0.717) is 11.6 Å². The number of anilines is 2. The van der Waals surface area contributed by atoms with E-state index in [2.05, 4.69) is 20.7 Å². The summed E-state index contributed by atoms with van der Waals surface area (Å²) in [5.74, 6) is 6.56. The minimum atomic E-state index is -0.238. The molecule has 0 spiro atoms. The Kier molecular flexibility index (Phi) is 3.75. The Labute approximate surface area is 101 Å². The van der Waals surface area contributed by atoms with Crippen LogP contribution in [0.25, 0.3) is 0 Å². The monoisotopic (exact) mass is 237 g/mol. The molecule has 0 atom stereocenters. The number of aliphatic hydroxyl groups is 1. The van der Waals surface area contributed by atoms with Crippen LogP contribution in [0.3, 0.4) is 0 Å². The second kappa shape index (κ2) is 5.29. The summed E-state index contributed by atoms with van der Waals surface area (Å²) >= 11 is 0. The van der Waals surface area contributed by atoms with Gasteiger partial charge in [-0.2, -0.15) is 0 Å². The Hall–Kier alpha value is -1.40. The van der Waals surface area contributed by atoms with Gasteiger partial charge in [0.2, 0.25) is 0 Å². The van der Waals surface area contributed by atoms with Gasteiger partial charge in [0.05, 0.1) is 12.1 Å². The van der Waals surface area contributed by atoms with E-state index >= 15 is 0 Å². The summed E-state index contributed by atoms with van der Waals surface area (Å²) in [6.45, 7) is 0.127.